The second kappa shape index (κ2) is 8.17. The molecule has 1 aliphatic carbocycles. The van der Waals surface area contributed by atoms with Gasteiger partial charge in [-0.3, -0.25) is 5.10 Å². The zero-order valence-electron chi connectivity index (χ0n) is 15.9. The van der Waals surface area contributed by atoms with Gasteiger partial charge in [-0.05, 0) is 25.5 Å². The molecule has 2 aromatic heterocycles. The fourth-order valence-corrected chi connectivity index (χ4v) is 4.12. The highest BCUT2D eigenvalue weighted by Gasteiger charge is 2.59. The van der Waals surface area contributed by atoms with Gasteiger partial charge in [0, 0.05) is 30.5 Å². The number of hydrogen-bond acceptors (Lipinski definition) is 5. The van der Waals surface area contributed by atoms with Crippen molar-refractivity contribution in [1.29, 1.82) is 0 Å². The zero-order chi connectivity index (χ0) is 18.1. The second-order valence-electron chi connectivity index (χ2n) is 7.47. The van der Waals surface area contributed by atoms with E-state index in [1.165, 1.54) is 0 Å². The first kappa shape index (κ1) is 20.1. The van der Waals surface area contributed by atoms with Gasteiger partial charge in [0.05, 0.1) is 12.4 Å². The molecule has 27 heavy (non-hydrogen) atoms. The number of guanidine groups is 1. The predicted octanol–water partition coefficient (Wildman–Crippen LogP) is 2.55. The number of nitrogens with zero attached hydrogens (tertiary/aromatic N) is 3. The van der Waals surface area contributed by atoms with E-state index >= 15 is 0 Å². The maximum Gasteiger partial charge on any atom is 0.216 e. The number of furan rings is 1. The number of H-pyrrole nitrogens is 1. The van der Waals surface area contributed by atoms with Crippen LogP contribution in [0.1, 0.15) is 33.0 Å². The fourth-order valence-electron chi connectivity index (χ4n) is 4.12. The molecule has 0 amide bonds. The maximum atomic E-state index is 5.87. The number of rotatable bonds is 5. The van der Waals surface area contributed by atoms with Crippen LogP contribution in [0.3, 0.4) is 0 Å². The van der Waals surface area contributed by atoms with Gasteiger partial charge in [-0.2, -0.15) is 0 Å². The van der Waals surface area contributed by atoms with Crippen molar-refractivity contribution in [2.45, 2.75) is 45.9 Å². The van der Waals surface area contributed by atoms with Gasteiger partial charge < -0.3 is 19.8 Å². The predicted molar refractivity (Wildman–Crippen MR) is 113 cm³/mol. The Morgan fingerprint density at radius 2 is 2.30 bits per heavy atom. The van der Waals surface area contributed by atoms with E-state index in [9.17, 15) is 0 Å². The van der Waals surface area contributed by atoms with Crippen molar-refractivity contribution in [2.24, 2.45) is 16.3 Å². The Hall–Kier alpha value is -1.62. The largest absolute Gasteiger partial charge is 0.461 e. The summed E-state index contributed by atoms with van der Waals surface area (Å²) in [7, 11) is 0. The molecule has 0 spiro atoms. The Balaban J connectivity index is 0.00000210. The topological polar surface area (TPSA) is 100 Å². The Labute approximate surface area is 176 Å². The summed E-state index contributed by atoms with van der Waals surface area (Å²) < 4.78 is 11.2. The molecular formula is C18H27IN6O2. The van der Waals surface area contributed by atoms with Gasteiger partial charge in [-0.25, -0.2) is 9.98 Å². The van der Waals surface area contributed by atoms with E-state index in [0.29, 0.717) is 42.0 Å². The summed E-state index contributed by atoms with van der Waals surface area (Å²) in [6.07, 6.45) is 3.07. The van der Waals surface area contributed by atoms with Crippen molar-refractivity contribution in [2.75, 3.05) is 13.2 Å². The molecule has 3 unspecified atom stereocenters. The van der Waals surface area contributed by atoms with Crippen molar-refractivity contribution in [3.05, 3.63) is 24.2 Å². The van der Waals surface area contributed by atoms with Crippen molar-refractivity contribution >= 4 is 29.9 Å². The van der Waals surface area contributed by atoms with Crippen molar-refractivity contribution in [3.8, 4) is 11.6 Å². The highest BCUT2D eigenvalue weighted by Crippen LogP contribution is 2.52. The van der Waals surface area contributed by atoms with Crippen LogP contribution in [0.25, 0.3) is 11.6 Å². The number of aromatic nitrogens is 3. The molecule has 2 fully saturated rings. The Bertz CT molecular complexity index is 773. The van der Waals surface area contributed by atoms with Gasteiger partial charge in [0.2, 0.25) is 5.82 Å². The average molecular weight is 486 g/mol. The summed E-state index contributed by atoms with van der Waals surface area (Å²) in [5, 5.41) is 14.0. The molecule has 1 saturated heterocycles. The minimum Gasteiger partial charge on any atom is -0.461 e. The first-order valence-corrected chi connectivity index (χ1v) is 9.21. The third kappa shape index (κ3) is 3.84. The van der Waals surface area contributed by atoms with E-state index < -0.39 is 0 Å². The highest BCUT2D eigenvalue weighted by molar-refractivity contribution is 14.0. The smallest absolute Gasteiger partial charge is 0.216 e. The molecule has 1 saturated carbocycles. The van der Waals surface area contributed by atoms with E-state index in [1.54, 1.807) is 6.26 Å². The van der Waals surface area contributed by atoms with Crippen LogP contribution in [0.2, 0.25) is 0 Å². The lowest BCUT2D eigenvalue weighted by molar-refractivity contribution is -0.106. The summed E-state index contributed by atoms with van der Waals surface area (Å²) in [5.41, 5.74) is 0.107. The lowest BCUT2D eigenvalue weighted by atomic mass is 9.57. The van der Waals surface area contributed by atoms with Gasteiger partial charge in [0.25, 0.3) is 0 Å². The van der Waals surface area contributed by atoms with Crippen LogP contribution in [-0.2, 0) is 11.3 Å². The van der Waals surface area contributed by atoms with E-state index in [4.69, 9.17) is 9.15 Å². The Morgan fingerprint density at radius 3 is 3.04 bits per heavy atom. The van der Waals surface area contributed by atoms with Crippen LogP contribution in [0, 0.1) is 11.3 Å². The molecule has 3 heterocycles. The SMILES string of the molecule is CCNC(=NCc1nc(-c2ccco2)n[nH]1)NC1C2CCOC2C1(C)C.I. The third-order valence-corrected chi connectivity index (χ3v) is 5.40. The normalized spacial score (nSPS) is 26.0. The standard InChI is InChI=1S/C18H26N6O2.HI/c1-4-19-17(22-14-11-7-9-26-15(11)18(14,2)3)20-10-13-21-16(24-23-13)12-6-5-8-25-12;/h5-6,8,11,14-15H,4,7,9-10H2,1-3H3,(H2,19,20,22)(H,21,23,24);1H. The van der Waals surface area contributed by atoms with E-state index in [-0.39, 0.29) is 29.4 Å². The molecule has 148 valence electrons. The molecule has 2 aliphatic rings. The number of hydrogen-bond donors (Lipinski definition) is 3. The van der Waals surface area contributed by atoms with Gasteiger partial charge in [0.15, 0.2) is 11.7 Å². The lowest BCUT2D eigenvalue weighted by Crippen LogP contribution is -2.67. The van der Waals surface area contributed by atoms with E-state index in [0.717, 1.165) is 25.5 Å². The molecule has 3 N–H and O–H groups in total. The molecule has 4 rings (SSSR count). The lowest BCUT2D eigenvalue weighted by Gasteiger charge is -2.54. The zero-order valence-corrected chi connectivity index (χ0v) is 18.2. The van der Waals surface area contributed by atoms with Crippen LogP contribution >= 0.6 is 24.0 Å². The van der Waals surface area contributed by atoms with Crippen molar-refractivity contribution in [1.82, 2.24) is 25.8 Å². The molecule has 0 bridgehead atoms. The van der Waals surface area contributed by atoms with Crippen LogP contribution in [-0.4, -0.2) is 46.4 Å². The quantitative estimate of drug-likeness (QED) is 0.341. The van der Waals surface area contributed by atoms with Crippen LogP contribution in [0.4, 0.5) is 0 Å². The Kier molecular flexibility index (Phi) is 6.09. The first-order valence-electron chi connectivity index (χ1n) is 9.21. The summed E-state index contributed by atoms with van der Waals surface area (Å²) in [6.45, 7) is 8.66. The molecule has 2 aromatic rings. The second-order valence-corrected chi connectivity index (χ2v) is 7.47. The van der Waals surface area contributed by atoms with Gasteiger partial charge in [0.1, 0.15) is 12.4 Å². The van der Waals surface area contributed by atoms with E-state index in [2.05, 4.69) is 51.6 Å². The summed E-state index contributed by atoms with van der Waals surface area (Å²) in [4.78, 5) is 9.11. The molecule has 1 aliphatic heterocycles. The minimum absolute atomic E-state index is 0. The number of aliphatic imine (C=N–C) groups is 1. The average Bonchev–Trinajstić information content (AvgIpc) is 3.37. The Morgan fingerprint density at radius 1 is 1.44 bits per heavy atom. The van der Waals surface area contributed by atoms with Gasteiger partial charge >= 0.3 is 0 Å². The molecule has 3 atom stereocenters. The number of nitrogens with one attached hydrogen (secondary N) is 3. The van der Waals surface area contributed by atoms with Crippen LogP contribution < -0.4 is 10.6 Å². The highest BCUT2D eigenvalue weighted by atomic mass is 127. The number of ether oxygens (including phenoxy) is 1. The van der Waals surface area contributed by atoms with Crippen molar-refractivity contribution < 1.29 is 9.15 Å². The number of aromatic amines is 1. The fraction of sp³-hybridized carbons (Fsp3) is 0.611. The van der Waals surface area contributed by atoms with Crippen LogP contribution in [0.5, 0.6) is 0 Å². The van der Waals surface area contributed by atoms with E-state index in [1.807, 2.05) is 12.1 Å². The maximum absolute atomic E-state index is 5.87. The number of fused-ring (bicyclic) bond motifs is 1. The van der Waals surface area contributed by atoms with Gasteiger partial charge in [-0.15, -0.1) is 29.1 Å². The monoisotopic (exact) mass is 486 g/mol. The molecular weight excluding hydrogens is 459 g/mol. The number of halogens is 1. The molecule has 0 radical (unpaired) electrons. The van der Waals surface area contributed by atoms with Gasteiger partial charge in [-0.1, -0.05) is 13.8 Å². The molecule has 8 nitrogen and oxygen atoms in total. The van der Waals surface area contributed by atoms with Crippen LogP contribution in [0.15, 0.2) is 27.8 Å². The molecule has 0 aromatic carbocycles. The summed E-state index contributed by atoms with van der Waals surface area (Å²) >= 11 is 0. The minimum atomic E-state index is 0. The van der Waals surface area contributed by atoms with Crippen molar-refractivity contribution in [3.63, 3.8) is 0 Å². The summed E-state index contributed by atoms with van der Waals surface area (Å²) in [6, 6.07) is 4.01. The first-order chi connectivity index (χ1) is 12.6. The molecule has 9 heteroatoms. The summed E-state index contributed by atoms with van der Waals surface area (Å²) in [5.74, 6) is 3.24. The third-order valence-electron chi connectivity index (χ3n) is 5.40.